The van der Waals surface area contributed by atoms with Gasteiger partial charge in [-0.15, -0.1) is 212 Å². The van der Waals surface area contributed by atoms with Gasteiger partial charge in [0.05, 0.1) is 47.7 Å². The number of pyridine rings is 6. The van der Waals surface area contributed by atoms with Crippen LogP contribution in [-0.2, 0) is 120 Å². The average Bonchev–Trinajstić information content (AvgIpc) is 0.777. The van der Waals surface area contributed by atoms with Gasteiger partial charge in [-0.2, -0.15) is 0 Å². The first kappa shape index (κ1) is 124. The Hall–Kier alpha value is -12.1. The van der Waals surface area contributed by atoms with E-state index in [2.05, 4.69) is 319 Å². The number of hydrogen-bond acceptors (Lipinski definition) is 14. The van der Waals surface area contributed by atoms with Gasteiger partial charge in [0.2, 0.25) is 0 Å². The van der Waals surface area contributed by atoms with Crippen molar-refractivity contribution >= 4 is 90.6 Å². The van der Waals surface area contributed by atoms with E-state index in [4.69, 9.17) is 35.4 Å². The number of aliphatic hydroxyl groups excluding tert-OH is 4. The minimum Gasteiger partial charge on any atom is -0.512 e. The first-order chi connectivity index (χ1) is 64.9. The number of rotatable bonds is 11. The number of benzene rings is 11. The molecule has 0 bridgehead atoms. The molecule has 14 nitrogen and oxygen atoms in total. The van der Waals surface area contributed by atoms with Crippen LogP contribution in [-0.4, -0.2) is 81.5 Å². The summed E-state index contributed by atoms with van der Waals surface area (Å²) in [6, 6.07) is 105. The smallest absolute Gasteiger partial charge is 0.155 e. The summed E-state index contributed by atoms with van der Waals surface area (Å²) in [4.78, 5) is 67.9. The van der Waals surface area contributed by atoms with E-state index >= 15 is 0 Å². The Morgan fingerprint density at radius 1 is 0.296 bits per heavy atom. The van der Waals surface area contributed by atoms with Crippen LogP contribution in [0.4, 0.5) is 0 Å². The Morgan fingerprint density at radius 3 is 1.18 bits per heavy atom. The Balaban J connectivity index is 0.000000415. The molecule has 0 aliphatic carbocycles. The first-order valence-electron chi connectivity index (χ1n) is 45.2. The van der Waals surface area contributed by atoms with Gasteiger partial charge in [-0.1, -0.05) is 200 Å². The molecule has 20 heteroatoms. The van der Waals surface area contributed by atoms with Gasteiger partial charge in [0.25, 0.3) is 0 Å². The monoisotopic (exact) mass is 2790 g/mol. The predicted molar refractivity (Wildman–Crippen MR) is 571 cm³/mol. The van der Waals surface area contributed by atoms with Gasteiger partial charge in [-0.25, -0.2) is 0 Å². The Morgan fingerprint density at radius 2 is 0.711 bits per heavy atom. The minimum absolute atomic E-state index is 0. The summed E-state index contributed by atoms with van der Waals surface area (Å²) >= 11 is 0. The van der Waals surface area contributed by atoms with Gasteiger partial charge < -0.3 is 35.4 Å². The van der Waals surface area contributed by atoms with Crippen molar-refractivity contribution in [2.24, 2.45) is 0 Å². The van der Waals surface area contributed by atoms with Crippen molar-refractivity contribution in [1.82, 2.24) is 29.9 Å². The van der Waals surface area contributed by atoms with Crippen molar-refractivity contribution in [3.63, 3.8) is 0 Å². The number of fused-ring (bicyclic) bond motifs is 5. The van der Waals surface area contributed by atoms with Crippen LogP contribution in [0.5, 0.6) is 0 Å². The summed E-state index contributed by atoms with van der Waals surface area (Å²) in [5.74, 6) is -0.250. The van der Waals surface area contributed by atoms with E-state index in [1.54, 1.807) is 6.20 Å². The Bertz CT molecular complexity index is 7000. The van der Waals surface area contributed by atoms with Crippen molar-refractivity contribution in [2.75, 3.05) is 0 Å². The number of carbonyl (C=O) groups excluding carboxylic acids is 4. The molecule has 0 fully saturated rings. The third-order valence-electron chi connectivity index (χ3n) is 20.6. The maximum absolute atomic E-state index is 10.0. The van der Waals surface area contributed by atoms with E-state index in [1.165, 1.54) is 178 Å². The number of aliphatic hydroxyl groups is 4. The molecule has 17 aromatic rings. The van der Waals surface area contributed by atoms with Gasteiger partial charge in [-0.05, 0) is 210 Å². The number of aryl methyl sites for hydroxylation is 13. The van der Waals surface area contributed by atoms with E-state index in [-0.39, 0.29) is 147 Å². The molecule has 745 valence electrons. The molecule has 0 spiro atoms. The van der Waals surface area contributed by atoms with Crippen LogP contribution in [0.2, 0.25) is 19.6 Å². The second kappa shape index (κ2) is 61.0. The van der Waals surface area contributed by atoms with Crippen molar-refractivity contribution in [3.05, 3.63) is 423 Å². The molecule has 0 saturated carbocycles. The summed E-state index contributed by atoms with van der Waals surface area (Å²) in [5.41, 5.74) is 31.6. The number of aromatic nitrogens is 6. The molecule has 17 rings (SSSR count). The Labute approximate surface area is 908 Å². The third kappa shape index (κ3) is 41.5. The predicted octanol–water partition coefficient (Wildman–Crippen LogP) is 29.7. The van der Waals surface area contributed by atoms with E-state index in [9.17, 15) is 19.2 Å². The van der Waals surface area contributed by atoms with Gasteiger partial charge in [0, 0.05) is 154 Å². The van der Waals surface area contributed by atoms with Gasteiger partial charge in [-0.3, -0.25) is 34.1 Å². The maximum Gasteiger partial charge on any atom is 0.155 e. The van der Waals surface area contributed by atoms with Crippen LogP contribution in [0.25, 0.3) is 122 Å². The summed E-state index contributed by atoms with van der Waals surface area (Å²) in [7, 11) is -1.28. The van der Waals surface area contributed by atoms with E-state index in [1.807, 2.05) is 103 Å². The molecule has 11 aromatic carbocycles. The molecule has 0 atom stereocenters. The normalized spacial score (nSPS) is 10.6. The number of carbonyl (C=O) groups is 4. The quantitative estimate of drug-likeness (QED) is 0.0409. The number of nitrogens with zero attached hydrogens (tertiary/aromatic N) is 6. The standard InChI is InChI=1S/C20H22NSi.C20H20N.C19H18N.C17H14N.C15H10N.C11H8N.4C5H8O2.5Ir/c1-14-10-15(2)12-17(11-14)20-8-6-16-13-18(22(3,4)5)7-9-19(16)21-20;1-12-6-13(2)9-17(8-12)18-11-16(5)20-15(4)7-14(3)10-19(20)21-18;1-12-7-13(2)10-16(9-12)18-6-5-17-15(4)8-14(3)11-19(17)20-18;1-12-6-5-8-14(10-12)17-13(2)16-9-4-3-7-15(16)11-18-17;1-2-6-12(7-3-1)15-10-13-8-4-5-9-14(13)11-16-15;1-2-6-10(7-3-1)11-8-4-5-9-12-11;4*1-4(6)3-5(2)7;;;;;/h6-11,13H,1-5H3;6-8,10-11H,1-5H3;5-9,11H,1-4H3;3-7,9-11H,1-2H3;1-6,8-11H;1-6,8-9H;4*3,6H,1-2H3;;;;;/q6*-1;;;;;;;;;. The largest absolute Gasteiger partial charge is 0.512 e. The molecule has 6 aromatic heterocycles. The summed E-state index contributed by atoms with van der Waals surface area (Å²) < 4.78 is 0. The van der Waals surface area contributed by atoms with Crippen LogP contribution in [0.3, 0.4) is 0 Å². The number of ketones is 4. The van der Waals surface area contributed by atoms with Crippen LogP contribution in [0.1, 0.15) is 128 Å². The molecule has 0 saturated heterocycles. The van der Waals surface area contributed by atoms with E-state index in [0.29, 0.717) is 0 Å². The molecule has 142 heavy (non-hydrogen) atoms. The molecular weight excluding hydrogens is 2670 g/mol. The number of hydrogen-bond donors (Lipinski definition) is 4. The molecule has 5 radical (unpaired) electrons. The van der Waals surface area contributed by atoms with Crippen LogP contribution in [0.15, 0.2) is 315 Å². The molecule has 4 N–H and O–H groups in total. The van der Waals surface area contributed by atoms with Crippen LogP contribution in [0, 0.1) is 126 Å². The molecule has 0 amide bonds. The third-order valence-corrected chi connectivity index (χ3v) is 22.7. The summed E-state index contributed by atoms with van der Waals surface area (Å²) in [6.07, 6.45) is 10.3. The van der Waals surface area contributed by atoms with Gasteiger partial charge in [0.1, 0.15) is 0 Å². The van der Waals surface area contributed by atoms with Gasteiger partial charge in [0.15, 0.2) is 23.1 Å². The fraction of sp³-hybridized carbons (Fsp3) is 0.197. The molecule has 6 heterocycles. The molecular formula is C122H124Ir5N6O8Si-6. The zero-order valence-electron chi connectivity index (χ0n) is 85.0. The second-order valence-corrected chi connectivity index (χ2v) is 40.2. The van der Waals surface area contributed by atoms with Crippen molar-refractivity contribution in [1.29, 1.82) is 0 Å². The maximum atomic E-state index is 10.0. The first-order valence-corrected chi connectivity index (χ1v) is 48.7. The van der Waals surface area contributed by atoms with Crippen LogP contribution >= 0.6 is 0 Å². The average molecular weight is 2790 g/mol. The van der Waals surface area contributed by atoms with E-state index in [0.717, 1.165) is 101 Å². The molecule has 0 aliphatic rings. The zero-order valence-corrected chi connectivity index (χ0v) is 98.0. The molecule has 0 aliphatic heterocycles. The van der Waals surface area contributed by atoms with Gasteiger partial charge >= 0.3 is 0 Å². The summed E-state index contributed by atoms with van der Waals surface area (Å²) in [5, 5.41) is 43.5. The van der Waals surface area contributed by atoms with Crippen molar-refractivity contribution in [3.8, 4) is 67.5 Å². The van der Waals surface area contributed by atoms with Crippen molar-refractivity contribution < 1.29 is 140 Å². The van der Waals surface area contributed by atoms with Crippen molar-refractivity contribution in [2.45, 2.75) is 165 Å². The minimum atomic E-state index is -1.28. The second-order valence-electron chi connectivity index (χ2n) is 35.1. The fourth-order valence-electron chi connectivity index (χ4n) is 15.0. The van der Waals surface area contributed by atoms with Crippen LogP contribution < -0.4 is 5.19 Å². The SMILES string of the molecule is CC(=O)C=C(C)O.CC(=O)C=C(C)O.CC(=O)C=C(C)O.CC(=O)C=C(C)O.Cc1[c-]c(-c2cc(C)c3c(C)cc(C)cc3n2)cc(C)c1.Cc1[c-]c(-c2ccc3c(C)cc(C)cc3n2)cc(C)c1.Cc1[c-]c(-c2ccc3cc([Si](C)(C)C)ccc3n2)cc(C)c1.Cc1cc[c-]c(-c2ncc3ccccc3c2C)c1.[Ir].[Ir].[Ir].[Ir].[Ir].[c-]1ccccc1-c1cc2ccccc2cn1.[c-]1ccccc1-c1ccccn1. The number of allylic oxidation sites excluding steroid dienone is 8. The van der Waals surface area contributed by atoms with E-state index < -0.39 is 8.07 Å². The fourth-order valence-corrected chi connectivity index (χ4v) is 16.2. The topological polar surface area (TPSA) is 227 Å². The summed E-state index contributed by atoms with van der Waals surface area (Å²) in [6.45, 7) is 46.0. The zero-order chi connectivity index (χ0) is 100. The molecule has 0 unspecified atom stereocenters. The Kier molecular flexibility index (Phi) is 53.3.